The van der Waals surface area contributed by atoms with Crippen molar-refractivity contribution in [3.05, 3.63) is 145 Å². The zero-order chi connectivity index (χ0) is 43.0. The van der Waals surface area contributed by atoms with Crippen molar-refractivity contribution in [3.8, 4) is 23.0 Å². The van der Waals surface area contributed by atoms with Crippen LogP contribution in [0.5, 0.6) is 23.0 Å². The normalized spacial score (nSPS) is 11.4. The summed E-state index contributed by atoms with van der Waals surface area (Å²) in [7, 11) is -3.99. The minimum Gasteiger partial charge on any atom is -0.462 e. The van der Waals surface area contributed by atoms with Gasteiger partial charge in [-0.2, -0.15) is 0 Å². The Bertz CT molecular complexity index is 2250. The van der Waals surface area contributed by atoms with Crippen LogP contribution in [0.2, 0.25) is 0 Å². The molecule has 2 amide bonds. The molecule has 304 valence electrons. The molecule has 0 unspecified atom stereocenters. The molecule has 0 fully saturated rings. The van der Waals surface area contributed by atoms with Gasteiger partial charge in [0.25, 0.3) is 0 Å². The van der Waals surface area contributed by atoms with Crippen molar-refractivity contribution in [2.24, 2.45) is 0 Å². The topological polar surface area (TPSA) is 198 Å². The van der Waals surface area contributed by atoms with Crippen molar-refractivity contribution in [2.75, 3.05) is 23.8 Å². The molecule has 0 aliphatic carbocycles. The minimum absolute atomic E-state index is 0.0163. The number of nitrogens with one attached hydrogen (secondary N) is 2. The molecule has 0 aromatic heterocycles. The Morgan fingerprint density at radius 2 is 0.932 bits per heavy atom. The van der Waals surface area contributed by atoms with Gasteiger partial charge in [-0.25, -0.2) is 18.0 Å². The summed E-state index contributed by atoms with van der Waals surface area (Å²) in [6, 6.07) is 24.3. The zero-order valence-electron chi connectivity index (χ0n) is 32.1. The maximum Gasteiger partial charge on any atom is 0.333 e. The Hall–Kier alpha value is -7.39. The fourth-order valence-corrected chi connectivity index (χ4v) is 6.12. The molecule has 15 heteroatoms. The summed E-state index contributed by atoms with van der Waals surface area (Å²) in [4.78, 5) is 71.5. The van der Waals surface area contributed by atoms with Gasteiger partial charge in [-0.1, -0.05) is 37.4 Å². The summed E-state index contributed by atoms with van der Waals surface area (Å²) in [5.74, 6) is -1.45. The smallest absolute Gasteiger partial charge is 0.333 e. The second-order valence-corrected chi connectivity index (χ2v) is 14.6. The van der Waals surface area contributed by atoms with Gasteiger partial charge in [-0.05, 0) is 86.6 Å². The summed E-state index contributed by atoms with van der Waals surface area (Å²) < 4.78 is 48.9. The first-order chi connectivity index (χ1) is 28.2. The van der Waals surface area contributed by atoms with E-state index in [0.29, 0.717) is 12.6 Å². The van der Waals surface area contributed by atoms with Crippen LogP contribution in [0, 0.1) is 0 Å². The third-order valence-corrected chi connectivity index (χ3v) is 9.68. The molecule has 0 saturated carbocycles. The maximum atomic E-state index is 13.5. The van der Waals surface area contributed by atoms with E-state index in [1.54, 1.807) is 48.5 Å². The zero-order valence-corrected chi connectivity index (χ0v) is 32.9. The highest BCUT2D eigenvalue weighted by molar-refractivity contribution is 7.91. The number of carbonyl (C=O) groups excluding carboxylic acids is 6. The number of ether oxygens (including phenoxy) is 4. The Kier molecular flexibility index (Phi) is 15.9. The highest BCUT2D eigenvalue weighted by Gasteiger charge is 2.19. The van der Waals surface area contributed by atoms with E-state index in [-0.39, 0.29) is 92.5 Å². The number of hydrogen-bond acceptors (Lipinski definition) is 12. The second-order valence-electron chi connectivity index (χ2n) is 12.6. The van der Waals surface area contributed by atoms with E-state index >= 15 is 0 Å². The first-order valence-corrected chi connectivity index (χ1v) is 19.3. The summed E-state index contributed by atoms with van der Waals surface area (Å²) in [5, 5.41) is 5.29. The molecule has 0 atom stereocenters. The SMILES string of the molecule is C=C(C)C(=O)OCC/C(C=O)=C\C(=O)Nc1ccccc1Oc1ccc(S(=O)(=O)c2ccc(Oc3ccccc3NC(=O)/C=C(/C=O)CCOC(=O)C(=C)C)cc2)cc1. The van der Waals surface area contributed by atoms with Gasteiger partial charge >= 0.3 is 11.9 Å². The van der Waals surface area contributed by atoms with Crippen molar-refractivity contribution in [1.82, 2.24) is 0 Å². The van der Waals surface area contributed by atoms with Gasteiger partial charge in [0, 0.05) is 47.3 Å². The van der Waals surface area contributed by atoms with Crippen LogP contribution in [0.15, 0.2) is 154 Å². The van der Waals surface area contributed by atoms with Crippen molar-refractivity contribution < 1.29 is 56.1 Å². The van der Waals surface area contributed by atoms with Gasteiger partial charge in [-0.15, -0.1) is 0 Å². The standard InChI is InChI=1S/C44H40N2O12S/c1-29(2)43(51)55-23-21-31(27-47)25-41(49)45-37-9-5-7-11-39(37)57-33-13-17-35(18-14-33)59(53,54)36-19-15-34(16-20-36)58-40-12-8-6-10-38(40)46-42(50)26-32(28-48)22-24-56-44(52)30(3)4/h5-20,25-28H,1,3,21-24H2,2,4H3,(H,45,49)(H,46,50)/b31-25+,32-26+. The molecule has 4 aromatic carbocycles. The molecular formula is C44H40N2O12S. The molecule has 2 N–H and O–H groups in total. The quantitative estimate of drug-likeness (QED) is 0.0515. The van der Waals surface area contributed by atoms with Gasteiger partial charge in [0.1, 0.15) is 24.1 Å². The van der Waals surface area contributed by atoms with Crippen LogP contribution >= 0.6 is 0 Å². The highest BCUT2D eigenvalue weighted by Crippen LogP contribution is 2.33. The molecule has 0 radical (unpaired) electrons. The molecule has 4 aromatic rings. The first kappa shape index (κ1) is 44.3. The summed E-state index contributed by atoms with van der Waals surface area (Å²) in [6.07, 6.45) is 3.18. The lowest BCUT2D eigenvalue weighted by atomic mass is 10.2. The molecule has 0 saturated heterocycles. The lowest BCUT2D eigenvalue weighted by molar-refractivity contribution is -0.139. The van der Waals surface area contributed by atoms with Crippen LogP contribution in [0.4, 0.5) is 11.4 Å². The molecule has 0 heterocycles. The number of benzene rings is 4. The highest BCUT2D eigenvalue weighted by atomic mass is 32.2. The van der Waals surface area contributed by atoms with Crippen LogP contribution in [-0.2, 0) is 48.1 Å². The Balaban J connectivity index is 1.38. The van der Waals surface area contributed by atoms with Crippen LogP contribution in [0.1, 0.15) is 26.7 Å². The molecule has 14 nitrogen and oxygen atoms in total. The third-order valence-electron chi connectivity index (χ3n) is 7.89. The number of hydrogen-bond donors (Lipinski definition) is 2. The molecule has 0 aliphatic heterocycles. The van der Waals surface area contributed by atoms with E-state index < -0.39 is 33.6 Å². The molecule has 0 bridgehead atoms. The number of carbonyl (C=O) groups is 6. The van der Waals surface area contributed by atoms with E-state index in [1.807, 2.05) is 0 Å². The minimum atomic E-state index is -3.99. The number of amides is 2. The predicted molar refractivity (Wildman–Crippen MR) is 218 cm³/mol. The van der Waals surface area contributed by atoms with Gasteiger partial charge in [-0.3, -0.25) is 19.2 Å². The number of para-hydroxylation sites is 4. The van der Waals surface area contributed by atoms with Gasteiger partial charge in [0.15, 0.2) is 11.5 Å². The molecule has 4 rings (SSSR count). The van der Waals surface area contributed by atoms with Gasteiger partial charge in [0.05, 0.1) is 34.4 Å². The Labute approximate surface area is 340 Å². The lowest BCUT2D eigenvalue weighted by Crippen LogP contribution is -2.12. The number of anilines is 2. The fraction of sp³-hybridized carbons (Fsp3) is 0.136. The Morgan fingerprint density at radius 1 is 0.576 bits per heavy atom. The molecule has 0 spiro atoms. The monoisotopic (exact) mass is 820 g/mol. The molecular weight excluding hydrogens is 781 g/mol. The maximum absolute atomic E-state index is 13.5. The van der Waals surface area contributed by atoms with Crippen LogP contribution in [0.3, 0.4) is 0 Å². The average Bonchev–Trinajstić information content (AvgIpc) is 3.21. The number of aldehydes is 2. The van der Waals surface area contributed by atoms with Crippen molar-refractivity contribution in [3.63, 3.8) is 0 Å². The third kappa shape index (κ3) is 13.4. The van der Waals surface area contributed by atoms with Crippen molar-refractivity contribution >= 4 is 57.5 Å². The van der Waals surface area contributed by atoms with Crippen LogP contribution < -0.4 is 20.1 Å². The van der Waals surface area contributed by atoms with Crippen molar-refractivity contribution in [1.29, 1.82) is 0 Å². The summed E-state index contributed by atoms with van der Waals surface area (Å²) in [6.45, 7) is 9.72. The van der Waals surface area contributed by atoms with Crippen molar-refractivity contribution in [2.45, 2.75) is 36.5 Å². The Morgan fingerprint density at radius 3 is 1.27 bits per heavy atom. The lowest BCUT2D eigenvalue weighted by Gasteiger charge is -2.13. The number of esters is 2. The molecule has 59 heavy (non-hydrogen) atoms. The predicted octanol–water partition coefficient (Wildman–Crippen LogP) is 7.25. The number of sulfone groups is 1. The average molecular weight is 821 g/mol. The van der Waals surface area contributed by atoms with E-state index in [9.17, 15) is 37.2 Å². The van der Waals surface area contributed by atoms with E-state index in [4.69, 9.17) is 18.9 Å². The van der Waals surface area contributed by atoms with E-state index in [2.05, 4.69) is 23.8 Å². The fourth-order valence-electron chi connectivity index (χ4n) is 4.86. The largest absolute Gasteiger partial charge is 0.462 e. The van der Waals surface area contributed by atoms with Gasteiger partial charge in [0.2, 0.25) is 21.7 Å². The van der Waals surface area contributed by atoms with E-state index in [1.165, 1.54) is 62.4 Å². The first-order valence-electron chi connectivity index (χ1n) is 17.8. The summed E-state index contributed by atoms with van der Waals surface area (Å²) >= 11 is 0. The van der Waals surface area contributed by atoms with E-state index in [0.717, 1.165) is 12.2 Å². The van der Waals surface area contributed by atoms with Crippen LogP contribution in [-0.4, -0.2) is 58.0 Å². The second kappa shape index (κ2) is 21.2. The number of rotatable bonds is 20. The molecule has 0 aliphatic rings. The summed E-state index contributed by atoms with van der Waals surface area (Å²) in [5.41, 5.74) is 1.16. The van der Waals surface area contributed by atoms with Crippen LogP contribution in [0.25, 0.3) is 0 Å². The van der Waals surface area contributed by atoms with Gasteiger partial charge < -0.3 is 29.6 Å².